The largest absolute Gasteiger partial charge is 0.497 e. The number of methoxy groups -OCH3 is 1. The summed E-state index contributed by atoms with van der Waals surface area (Å²) in [5.74, 6) is 0.896. The van der Waals surface area contributed by atoms with Crippen molar-refractivity contribution in [3.05, 3.63) is 59.7 Å². The van der Waals surface area contributed by atoms with Gasteiger partial charge in [0.05, 0.1) is 12.7 Å². The minimum Gasteiger partial charge on any atom is -0.497 e. The first kappa shape index (κ1) is 15.1. The summed E-state index contributed by atoms with van der Waals surface area (Å²) in [4.78, 5) is 12.0. The fraction of sp³-hybridized carbons (Fsp3) is 0.278. The Bertz CT molecular complexity index is 570. The molecule has 2 aromatic rings. The minimum atomic E-state index is -0.345. The molecule has 0 N–H and O–H groups in total. The van der Waals surface area contributed by atoms with Crippen LogP contribution in [-0.2, 0) is 6.42 Å². The number of aryl methyl sites for hydroxylation is 1. The number of esters is 1. The Morgan fingerprint density at radius 3 is 2.14 bits per heavy atom. The molecular weight excluding hydrogens is 264 g/mol. The number of hydrogen-bond acceptors (Lipinski definition) is 3. The van der Waals surface area contributed by atoms with Gasteiger partial charge in [-0.25, -0.2) is 4.79 Å². The van der Waals surface area contributed by atoms with Gasteiger partial charge in [-0.2, -0.15) is 0 Å². The van der Waals surface area contributed by atoms with Crippen LogP contribution in [0.15, 0.2) is 48.5 Å². The number of benzene rings is 2. The fourth-order valence-electron chi connectivity index (χ4n) is 2.00. The van der Waals surface area contributed by atoms with E-state index in [-0.39, 0.29) is 5.97 Å². The van der Waals surface area contributed by atoms with Crippen molar-refractivity contribution in [3.8, 4) is 11.5 Å². The predicted octanol–water partition coefficient (Wildman–Crippen LogP) is 4.26. The zero-order valence-electron chi connectivity index (χ0n) is 12.5. The number of ether oxygens (including phenoxy) is 2. The molecule has 0 bridgehead atoms. The highest BCUT2D eigenvalue weighted by Crippen LogP contribution is 2.18. The van der Waals surface area contributed by atoms with Crippen LogP contribution in [0.4, 0.5) is 0 Å². The third-order valence-electron chi connectivity index (χ3n) is 3.28. The molecule has 0 atom stereocenters. The van der Waals surface area contributed by atoms with E-state index < -0.39 is 0 Å². The van der Waals surface area contributed by atoms with Crippen molar-refractivity contribution in [2.45, 2.75) is 26.2 Å². The van der Waals surface area contributed by atoms with Gasteiger partial charge in [-0.1, -0.05) is 25.5 Å². The summed E-state index contributed by atoms with van der Waals surface area (Å²) < 4.78 is 10.4. The van der Waals surface area contributed by atoms with E-state index in [0.29, 0.717) is 11.3 Å². The fourth-order valence-corrected chi connectivity index (χ4v) is 2.00. The number of carbonyl (C=O) groups excluding carboxylic acids is 1. The Morgan fingerprint density at radius 1 is 0.952 bits per heavy atom. The Balaban J connectivity index is 1.98. The van der Waals surface area contributed by atoms with Crippen molar-refractivity contribution in [3.63, 3.8) is 0 Å². The molecule has 0 heterocycles. The van der Waals surface area contributed by atoms with Crippen LogP contribution in [0.5, 0.6) is 11.5 Å². The van der Waals surface area contributed by atoms with Crippen LogP contribution >= 0.6 is 0 Å². The van der Waals surface area contributed by atoms with Gasteiger partial charge in [0.2, 0.25) is 0 Å². The standard InChI is InChI=1S/C18H20O3/c1-3-4-5-14-6-8-15(9-7-14)18(19)21-17-12-10-16(20-2)11-13-17/h6-13H,3-5H2,1-2H3. The molecule has 21 heavy (non-hydrogen) atoms. The third-order valence-corrected chi connectivity index (χ3v) is 3.28. The lowest BCUT2D eigenvalue weighted by Gasteiger charge is -2.06. The van der Waals surface area contributed by atoms with Gasteiger partial charge in [0, 0.05) is 0 Å². The second kappa shape index (κ2) is 7.48. The molecule has 2 aromatic carbocycles. The Morgan fingerprint density at radius 2 is 1.57 bits per heavy atom. The molecule has 0 aliphatic rings. The molecule has 3 nitrogen and oxygen atoms in total. The number of rotatable bonds is 6. The van der Waals surface area contributed by atoms with Crippen LogP contribution < -0.4 is 9.47 Å². The monoisotopic (exact) mass is 284 g/mol. The Hall–Kier alpha value is -2.29. The summed E-state index contributed by atoms with van der Waals surface area (Å²) >= 11 is 0. The molecule has 0 aliphatic carbocycles. The van der Waals surface area contributed by atoms with E-state index in [9.17, 15) is 4.79 Å². The second-order valence-corrected chi connectivity index (χ2v) is 4.87. The number of carbonyl (C=O) groups is 1. The summed E-state index contributed by atoms with van der Waals surface area (Å²) in [5.41, 5.74) is 1.81. The number of hydrogen-bond donors (Lipinski definition) is 0. The van der Waals surface area contributed by atoms with E-state index in [1.165, 1.54) is 12.0 Å². The van der Waals surface area contributed by atoms with Gasteiger partial charge in [-0.05, 0) is 54.8 Å². The molecule has 0 saturated heterocycles. The van der Waals surface area contributed by atoms with Gasteiger partial charge < -0.3 is 9.47 Å². The zero-order valence-corrected chi connectivity index (χ0v) is 12.5. The average molecular weight is 284 g/mol. The molecule has 0 radical (unpaired) electrons. The van der Waals surface area contributed by atoms with E-state index in [2.05, 4.69) is 6.92 Å². The molecule has 0 amide bonds. The lowest BCUT2D eigenvalue weighted by Crippen LogP contribution is -2.08. The van der Waals surface area contributed by atoms with Crippen molar-refractivity contribution in [2.24, 2.45) is 0 Å². The predicted molar refractivity (Wildman–Crippen MR) is 83.0 cm³/mol. The molecule has 110 valence electrons. The first-order valence-electron chi connectivity index (χ1n) is 7.18. The van der Waals surface area contributed by atoms with Gasteiger partial charge in [0.1, 0.15) is 11.5 Å². The SMILES string of the molecule is CCCCc1ccc(C(=O)Oc2ccc(OC)cc2)cc1. The summed E-state index contributed by atoms with van der Waals surface area (Å²) in [6, 6.07) is 14.6. The maximum atomic E-state index is 12.0. The lowest BCUT2D eigenvalue weighted by molar-refractivity contribution is 0.0734. The summed E-state index contributed by atoms with van der Waals surface area (Å²) in [6.07, 6.45) is 3.38. The zero-order chi connectivity index (χ0) is 15.1. The smallest absolute Gasteiger partial charge is 0.343 e. The van der Waals surface area contributed by atoms with Crippen LogP contribution in [0.25, 0.3) is 0 Å². The first-order valence-corrected chi connectivity index (χ1v) is 7.18. The van der Waals surface area contributed by atoms with Gasteiger partial charge >= 0.3 is 5.97 Å². The van der Waals surface area contributed by atoms with Crippen molar-refractivity contribution in [2.75, 3.05) is 7.11 Å². The normalized spacial score (nSPS) is 10.2. The molecule has 0 aromatic heterocycles. The lowest BCUT2D eigenvalue weighted by atomic mass is 10.1. The average Bonchev–Trinajstić information content (AvgIpc) is 2.54. The molecule has 2 rings (SSSR count). The highest BCUT2D eigenvalue weighted by Gasteiger charge is 2.08. The van der Waals surface area contributed by atoms with E-state index in [1.54, 1.807) is 31.4 Å². The van der Waals surface area contributed by atoms with Crippen molar-refractivity contribution in [1.82, 2.24) is 0 Å². The first-order chi connectivity index (χ1) is 10.2. The van der Waals surface area contributed by atoms with Gasteiger partial charge in [-0.15, -0.1) is 0 Å². The molecule has 0 aliphatic heterocycles. The molecule has 0 unspecified atom stereocenters. The Kier molecular flexibility index (Phi) is 5.38. The van der Waals surface area contributed by atoms with E-state index >= 15 is 0 Å². The van der Waals surface area contributed by atoms with E-state index in [1.807, 2.05) is 24.3 Å². The summed E-state index contributed by atoms with van der Waals surface area (Å²) in [7, 11) is 1.60. The summed E-state index contributed by atoms with van der Waals surface area (Å²) in [5, 5.41) is 0. The quantitative estimate of drug-likeness (QED) is 0.587. The second-order valence-electron chi connectivity index (χ2n) is 4.87. The summed E-state index contributed by atoms with van der Waals surface area (Å²) in [6.45, 7) is 2.17. The van der Waals surface area contributed by atoms with Gasteiger partial charge in [-0.3, -0.25) is 0 Å². The molecule has 0 spiro atoms. The van der Waals surface area contributed by atoms with Crippen LogP contribution in [0, 0.1) is 0 Å². The molecule has 0 fully saturated rings. The number of unbranched alkanes of at least 4 members (excludes halogenated alkanes) is 1. The van der Waals surface area contributed by atoms with Crippen LogP contribution in [0.2, 0.25) is 0 Å². The van der Waals surface area contributed by atoms with Gasteiger partial charge in [0.15, 0.2) is 0 Å². The topological polar surface area (TPSA) is 35.5 Å². The van der Waals surface area contributed by atoms with Crippen molar-refractivity contribution >= 4 is 5.97 Å². The van der Waals surface area contributed by atoms with E-state index in [0.717, 1.165) is 18.6 Å². The van der Waals surface area contributed by atoms with Crippen molar-refractivity contribution < 1.29 is 14.3 Å². The van der Waals surface area contributed by atoms with Crippen LogP contribution in [0.1, 0.15) is 35.7 Å². The Labute approximate surface area is 125 Å². The molecule has 0 saturated carbocycles. The maximum absolute atomic E-state index is 12.0. The third kappa shape index (κ3) is 4.35. The van der Waals surface area contributed by atoms with Gasteiger partial charge in [0.25, 0.3) is 0 Å². The maximum Gasteiger partial charge on any atom is 0.343 e. The van der Waals surface area contributed by atoms with Crippen LogP contribution in [-0.4, -0.2) is 13.1 Å². The van der Waals surface area contributed by atoms with E-state index in [4.69, 9.17) is 9.47 Å². The van der Waals surface area contributed by atoms with Crippen LogP contribution in [0.3, 0.4) is 0 Å². The molecular formula is C18H20O3. The molecule has 3 heteroatoms. The highest BCUT2D eigenvalue weighted by molar-refractivity contribution is 5.91. The van der Waals surface area contributed by atoms with Crippen molar-refractivity contribution in [1.29, 1.82) is 0 Å². The minimum absolute atomic E-state index is 0.345. The highest BCUT2D eigenvalue weighted by atomic mass is 16.5.